The molecule has 2 rings (SSSR count). The lowest BCUT2D eigenvalue weighted by Crippen LogP contribution is -2.32. The zero-order valence-corrected chi connectivity index (χ0v) is 12.0. The topological polar surface area (TPSA) is 59.0 Å². The summed E-state index contributed by atoms with van der Waals surface area (Å²) in [5.41, 5.74) is 1.53. The van der Waals surface area contributed by atoms with Gasteiger partial charge in [-0.1, -0.05) is 0 Å². The highest BCUT2D eigenvalue weighted by atomic mass is 16.5. The molecule has 0 unspecified atom stereocenters. The number of hydrogen-bond donors (Lipinski definition) is 1. The normalized spacial score (nSPS) is 18.4. The number of methoxy groups -OCH3 is 2. The second-order valence-corrected chi connectivity index (χ2v) is 4.85. The van der Waals surface area contributed by atoms with Gasteiger partial charge in [0.1, 0.15) is 0 Å². The van der Waals surface area contributed by atoms with Crippen LogP contribution < -0.4 is 9.47 Å². The van der Waals surface area contributed by atoms with Crippen molar-refractivity contribution in [3.8, 4) is 17.2 Å². The fourth-order valence-corrected chi connectivity index (χ4v) is 2.24. The molecule has 1 aliphatic rings. The van der Waals surface area contributed by atoms with Crippen molar-refractivity contribution >= 4 is 11.9 Å². The first-order valence-electron chi connectivity index (χ1n) is 6.42. The number of ketones is 1. The van der Waals surface area contributed by atoms with Crippen molar-refractivity contribution in [2.75, 3.05) is 34.4 Å². The van der Waals surface area contributed by atoms with Gasteiger partial charge >= 0.3 is 0 Å². The minimum atomic E-state index is -0.0377. The van der Waals surface area contributed by atoms with Gasteiger partial charge in [0.25, 0.3) is 0 Å². The molecule has 0 radical (unpaired) electrons. The average Bonchev–Trinajstić information content (AvgIpc) is 2.44. The number of nitrogens with zero attached hydrogens (tertiary/aromatic N) is 1. The molecule has 0 atom stereocenters. The van der Waals surface area contributed by atoms with Crippen molar-refractivity contribution in [3.05, 3.63) is 23.3 Å². The molecule has 5 heteroatoms. The van der Waals surface area contributed by atoms with Crippen LogP contribution in [0, 0.1) is 0 Å². The lowest BCUT2D eigenvalue weighted by atomic mass is 10.0. The van der Waals surface area contributed by atoms with Gasteiger partial charge in [-0.15, -0.1) is 0 Å². The van der Waals surface area contributed by atoms with Gasteiger partial charge < -0.3 is 19.5 Å². The molecule has 1 aliphatic heterocycles. The maximum Gasteiger partial charge on any atom is 0.200 e. The van der Waals surface area contributed by atoms with Gasteiger partial charge in [-0.2, -0.15) is 0 Å². The Hall–Kier alpha value is -2.01. The van der Waals surface area contributed by atoms with Crippen LogP contribution >= 0.6 is 0 Å². The molecule has 0 amide bonds. The standard InChI is InChI=1S/C15H19NO4/c1-16-5-4-12(17)11(9-16)6-10-7-13(19-2)15(18)14(8-10)20-3/h6-8,18H,4-5,9H2,1-3H3/b11-6+. The van der Waals surface area contributed by atoms with E-state index in [9.17, 15) is 9.90 Å². The van der Waals surface area contributed by atoms with Gasteiger partial charge in [0.2, 0.25) is 5.75 Å². The van der Waals surface area contributed by atoms with Gasteiger partial charge in [0, 0.05) is 25.1 Å². The highest BCUT2D eigenvalue weighted by Crippen LogP contribution is 2.37. The van der Waals surface area contributed by atoms with Gasteiger partial charge in [-0.3, -0.25) is 4.79 Å². The fourth-order valence-electron chi connectivity index (χ4n) is 2.24. The summed E-state index contributed by atoms with van der Waals surface area (Å²) in [5, 5.41) is 9.87. The van der Waals surface area contributed by atoms with Crippen LogP contribution in [-0.4, -0.2) is 50.1 Å². The number of likely N-dealkylation sites (tertiary alicyclic amines) is 1. The summed E-state index contributed by atoms with van der Waals surface area (Å²) in [5.74, 6) is 0.777. The Morgan fingerprint density at radius 3 is 2.40 bits per heavy atom. The number of hydrogen-bond acceptors (Lipinski definition) is 5. The fraction of sp³-hybridized carbons (Fsp3) is 0.400. The zero-order chi connectivity index (χ0) is 14.7. The third-order valence-corrected chi connectivity index (χ3v) is 3.36. The molecule has 108 valence electrons. The van der Waals surface area contributed by atoms with Crippen LogP contribution in [0.1, 0.15) is 12.0 Å². The van der Waals surface area contributed by atoms with Crippen LogP contribution in [0.2, 0.25) is 0 Å². The number of phenolic OH excluding ortho intramolecular Hbond substituents is 1. The molecule has 1 aromatic rings. The third kappa shape index (κ3) is 2.93. The van der Waals surface area contributed by atoms with E-state index in [1.807, 2.05) is 13.1 Å². The number of piperidine rings is 1. The molecular formula is C15H19NO4. The van der Waals surface area contributed by atoms with Crippen LogP contribution in [0.25, 0.3) is 6.08 Å². The van der Waals surface area contributed by atoms with Crippen LogP contribution in [0.5, 0.6) is 17.2 Å². The van der Waals surface area contributed by atoms with Crippen molar-refractivity contribution in [1.29, 1.82) is 0 Å². The Morgan fingerprint density at radius 2 is 1.85 bits per heavy atom. The summed E-state index contributed by atoms with van der Waals surface area (Å²) >= 11 is 0. The number of Topliss-reactive ketones (excluding diaryl/α,β-unsaturated/α-hetero) is 1. The smallest absolute Gasteiger partial charge is 0.200 e. The lowest BCUT2D eigenvalue weighted by molar-refractivity contribution is -0.117. The molecule has 1 N–H and O–H groups in total. The first kappa shape index (κ1) is 14.4. The van der Waals surface area contributed by atoms with E-state index in [1.165, 1.54) is 14.2 Å². The van der Waals surface area contributed by atoms with Gasteiger partial charge in [0.05, 0.1) is 14.2 Å². The van der Waals surface area contributed by atoms with Crippen molar-refractivity contribution in [3.63, 3.8) is 0 Å². The molecule has 1 aromatic carbocycles. The highest BCUT2D eigenvalue weighted by Gasteiger charge is 2.19. The molecular weight excluding hydrogens is 258 g/mol. The summed E-state index contributed by atoms with van der Waals surface area (Å²) in [7, 11) is 4.94. The van der Waals surface area contributed by atoms with Crippen LogP contribution in [0.3, 0.4) is 0 Å². The Morgan fingerprint density at radius 1 is 1.25 bits per heavy atom. The van der Waals surface area contributed by atoms with Crippen LogP contribution in [0.4, 0.5) is 0 Å². The number of aromatic hydroxyl groups is 1. The monoisotopic (exact) mass is 277 g/mol. The number of likely N-dealkylation sites (N-methyl/N-ethyl adjacent to an activating group) is 1. The highest BCUT2D eigenvalue weighted by molar-refractivity contribution is 6.00. The van der Waals surface area contributed by atoms with Crippen molar-refractivity contribution < 1.29 is 19.4 Å². The predicted molar refractivity (Wildman–Crippen MR) is 76.3 cm³/mol. The van der Waals surface area contributed by atoms with E-state index in [1.54, 1.807) is 12.1 Å². The molecule has 1 saturated heterocycles. The molecule has 0 saturated carbocycles. The van der Waals surface area contributed by atoms with E-state index in [4.69, 9.17) is 9.47 Å². The first-order valence-corrected chi connectivity index (χ1v) is 6.42. The third-order valence-electron chi connectivity index (χ3n) is 3.36. The molecule has 20 heavy (non-hydrogen) atoms. The first-order chi connectivity index (χ1) is 9.55. The number of ether oxygens (including phenoxy) is 2. The van der Waals surface area contributed by atoms with E-state index in [-0.39, 0.29) is 11.5 Å². The van der Waals surface area contributed by atoms with E-state index in [0.717, 1.165) is 17.7 Å². The van der Waals surface area contributed by atoms with Crippen LogP contribution in [0.15, 0.2) is 17.7 Å². The number of rotatable bonds is 3. The van der Waals surface area contributed by atoms with Gasteiger partial charge in [-0.05, 0) is 30.8 Å². The summed E-state index contributed by atoms with van der Waals surface area (Å²) in [4.78, 5) is 14.0. The largest absolute Gasteiger partial charge is 0.502 e. The number of benzene rings is 1. The maximum absolute atomic E-state index is 11.9. The lowest BCUT2D eigenvalue weighted by Gasteiger charge is -2.23. The van der Waals surface area contributed by atoms with Crippen molar-refractivity contribution in [2.24, 2.45) is 0 Å². The van der Waals surface area contributed by atoms with Crippen molar-refractivity contribution in [2.45, 2.75) is 6.42 Å². The zero-order valence-electron chi connectivity index (χ0n) is 12.0. The number of phenols is 1. The second kappa shape index (κ2) is 5.96. The minimum absolute atomic E-state index is 0.0377. The molecule has 0 aliphatic carbocycles. The molecule has 1 fully saturated rings. The average molecular weight is 277 g/mol. The molecule has 5 nitrogen and oxygen atoms in total. The molecule has 0 bridgehead atoms. The summed E-state index contributed by atoms with van der Waals surface area (Å²) in [6.07, 6.45) is 2.36. The second-order valence-electron chi connectivity index (χ2n) is 4.85. The molecule has 0 aromatic heterocycles. The summed E-state index contributed by atoms with van der Waals surface area (Å²) in [6.45, 7) is 1.42. The quantitative estimate of drug-likeness (QED) is 0.852. The predicted octanol–water partition coefficient (Wildman–Crippen LogP) is 1.70. The summed E-state index contributed by atoms with van der Waals surface area (Å²) < 4.78 is 10.2. The molecule has 0 spiro atoms. The Labute approximate surface area is 118 Å². The molecule has 1 heterocycles. The van der Waals surface area contributed by atoms with Gasteiger partial charge in [0.15, 0.2) is 17.3 Å². The van der Waals surface area contributed by atoms with Gasteiger partial charge in [-0.25, -0.2) is 0 Å². The Bertz CT molecular complexity index is 526. The minimum Gasteiger partial charge on any atom is -0.502 e. The Kier molecular flexibility index (Phi) is 4.29. The van der Waals surface area contributed by atoms with E-state index in [0.29, 0.717) is 24.5 Å². The number of carbonyl (C=O) groups is 1. The van der Waals surface area contributed by atoms with E-state index in [2.05, 4.69) is 4.90 Å². The SMILES string of the molecule is COc1cc(/C=C2\CN(C)CCC2=O)cc(OC)c1O. The van der Waals surface area contributed by atoms with E-state index >= 15 is 0 Å². The van der Waals surface area contributed by atoms with Crippen LogP contribution in [-0.2, 0) is 4.79 Å². The van der Waals surface area contributed by atoms with Crippen molar-refractivity contribution in [1.82, 2.24) is 4.90 Å². The van der Waals surface area contributed by atoms with E-state index < -0.39 is 0 Å². The maximum atomic E-state index is 11.9. The Balaban J connectivity index is 2.39. The number of carbonyl (C=O) groups excluding carboxylic acids is 1. The summed E-state index contributed by atoms with van der Waals surface area (Å²) in [6, 6.07) is 3.37.